The van der Waals surface area contributed by atoms with Crippen molar-refractivity contribution >= 4 is 19.8 Å². The van der Waals surface area contributed by atoms with Crippen LogP contribution in [-0.2, 0) is 32.7 Å². The number of esters is 2. The highest BCUT2D eigenvalue weighted by Crippen LogP contribution is 2.47. The monoisotopic (exact) mass is 867 g/mol. The van der Waals surface area contributed by atoms with Crippen molar-refractivity contribution in [2.75, 3.05) is 13.2 Å². The number of aliphatic hydroxyl groups is 5. The molecule has 59 heavy (non-hydrogen) atoms. The molecule has 0 saturated heterocycles. The summed E-state index contributed by atoms with van der Waals surface area (Å²) < 4.78 is 33.5. The molecule has 1 rings (SSSR count). The number of ether oxygens (including phenoxy) is 2. The minimum atomic E-state index is -5.11. The normalized spacial score (nSPS) is 22.2. The van der Waals surface area contributed by atoms with E-state index in [2.05, 4.69) is 13.8 Å². The van der Waals surface area contributed by atoms with Crippen LogP contribution in [0.4, 0.5) is 0 Å². The van der Waals surface area contributed by atoms with Crippen LogP contribution in [0.1, 0.15) is 219 Å². The molecule has 13 nitrogen and oxygen atoms in total. The van der Waals surface area contributed by atoms with Gasteiger partial charge >= 0.3 is 19.8 Å². The Hall–Kier alpha value is -1.15. The lowest BCUT2D eigenvalue weighted by molar-refractivity contribution is -0.220. The van der Waals surface area contributed by atoms with Crippen molar-refractivity contribution in [2.45, 2.75) is 262 Å². The van der Waals surface area contributed by atoms with E-state index in [-0.39, 0.29) is 12.8 Å². The maximum Gasteiger partial charge on any atom is 0.472 e. The summed E-state index contributed by atoms with van der Waals surface area (Å²) >= 11 is 0. The summed E-state index contributed by atoms with van der Waals surface area (Å²) in [5.41, 5.74) is 0. The first-order valence-electron chi connectivity index (χ1n) is 23.8. The standard InChI is InChI=1S/C45H87O13P/c1-3-5-7-9-11-13-15-16-17-18-19-20-21-22-23-24-26-27-29-31-33-38(46)55-35-37(57-39(47)34-32-30-28-25-14-12-10-8-6-4-2)36-56-59(53,54)58-45-43(51)41(49)40(48)42(50)44(45)52/h37,40-45,48-52H,3-36H2,1-2H3,(H,53,54)/t37-,40?,41-,42?,43?,44?,45?/m0/s1. The first-order chi connectivity index (χ1) is 28.4. The van der Waals surface area contributed by atoms with Crippen LogP contribution >= 0.6 is 7.82 Å². The molecule has 6 unspecified atom stereocenters. The van der Waals surface area contributed by atoms with Gasteiger partial charge in [-0.15, -0.1) is 0 Å². The molecule has 0 aliphatic heterocycles. The average Bonchev–Trinajstić information content (AvgIpc) is 3.21. The molecule has 1 aliphatic rings. The number of phosphoric acid groups is 1. The molecule has 0 radical (unpaired) electrons. The zero-order valence-corrected chi connectivity index (χ0v) is 38.0. The zero-order chi connectivity index (χ0) is 43.6. The van der Waals surface area contributed by atoms with E-state index in [0.29, 0.717) is 12.8 Å². The van der Waals surface area contributed by atoms with E-state index >= 15 is 0 Å². The number of aliphatic hydroxyl groups excluding tert-OH is 5. The van der Waals surface area contributed by atoms with E-state index in [1.165, 1.54) is 135 Å². The van der Waals surface area contributed by atoms with Gasteiger partial charge in [-0.25, -0.2) is 4.57 Å². The van der Waals surface area contributed by atoms with Crippen molar-refractivity contribution in [3.63, 3.8) is 0 Å². The van der Waals surface area contributed by atoms with Gasteiger partial charge in [-0.2, -0.15) is 0 Å². The van der Waals surface area contributed by atoms with E-state index in [0.717, 1.165) is 44.9 Å². The molecule has 1 aliphatic carbocycles. The van der Waals surface area contributed by atoms with Crippen molar-refractivity contribution in [3.05, 3.63) is 0 Å². The molecule has 0 bridgehead atoms. The van der Waals surface area contributed by atoms with Crippen LogP contribution in [0.2, 0.25) is 0 Å². The maximum absolute atomic E-state index is 12.8. The quantitative estimate of drug-likeness (QED) is 0.0193. The molecule has 350 valence electrons. The second kappa shape index (κ2) is 36.3. The fourth-order valence-electron chi connectivity index (χ4n) is 7.58. The summed E-state index contributed by atoms with van der Waals surface area (Å²) in [6.45, 7) is 3.30. The van der Waals surface area contributed by atoms with Gasteiger partial charge in [-0.05, 0) is 12.8 Å². The average molecular weight is 867 g/mol. The molecule has 1 saturated carbocycles. The van der Waals surface area contributed by atoms with Gasteiger partial charge in [0, 0.05) is 12.8 Å². The molecule has 0 aromatic carbocycles. The van der Waals surface area contributed by atoms with E-state index < -0.39 is 75.7 Å². The van der Waals surface area contributed by atoms with E-state index in [1.54, 1.807) is 0 Å². The van der Waals surface area contributed by atoms with Crippen molar-refractivity contribution in [1.82, 2.24) is 0 Å². The second-order valence-electron chi connectivity index (χ2n) is 17.0. The van der Waals surface area contributed by atoms with Gasteiger partial charge in [0.2, 0.25) is 0 Å². The fraction of sp³-hybridized carbons (Fsp3) is 0.956. The Kier molecular flexibility index (Phi) is 34.4. The highest BCUT2D eigenvalue weighted by atomic mass is 31.2. The lowest BCUT2D eigenvalue weighted by atomic mass is 9.85. The summed E-state index contributed by atoms with van der Waals surface area (Å²) in [5.74, 6) is -1.09. The largest absolute Gasteiger partial charge is 0.472 e. The van der Waals surface area contributed by atoms with Crippen LogP contribution < -0.4 is 0 Å². The molecule has 0 amide bonds. The Bertz CT molecular complexity index is 1050. The first kappa shape index (κ1) is 55.9. The SMILES string of the molecule is CCCCCCCCCCCCCCCCCCCCCCC(=O)OC[C@@H](COP(=O)(O)OC1C(O)C(O)C(O)[C@H](O)C1O)OC(=O)CCCCCCCCCCCC. The summed E-state index contributed by atoms with van der Waals surface area (Å²) in [5, 5.41) is 50.1. The summed E-state index contributed by atoms with van der Waals surface area (Å²) in [7, 11) is -5.11. The zero-order valence-electron chi connectivity index (χ0n) is 37.1. The van der Waals surface area contributed by atoms with Gasteiger partial charge in [0.1, 0.15) is 43.2 Å². The lowest BCUT2D eigenvalue weighted by Crippen LogP contribution is -2.64. The lowest BCUT2D eigenvalue weighted by Gasteiger charge is -2.41. The van der Waals surface area contributed by atoms with Crippen molar-refractivity contribution in [2.24, 2.45) is 0 Å². The van der Waals surface area contributed by atoms with Crippen LogP contribution in [0, 0.1) is 0 Å². The minimum absolute atomic E-state index is 0.103. The predicted molar refractivity (Wildman–Crippen MR) is 231 cm³/mol. The topological polar surface area (TPSA) is 210 Å². The van der Waals surface area contributed by atoms with Gasteiger partial charge < -0.3 is 39.9 Å². The Morgan fingerprint density at radius 1 is 0.458 bits per heavy atom. The Balaban J connectivity index is 2.36. The van der Waals surface area contributed by atoms with Crippen LogP contribution in [0.25, 0.3) is 0 Å². The minimum Gasteiger partial charge on any atom is -0.462 e. The second-order valence-corrected chi connectivity index (χ2v) is 18.4. The Morgan fingerprint density at radius 3 is 1.12 bits per heavy atom. The predicted octanol–water partition coefficient (Wildman–Crippen LogP) is 9.28. The number of unbranched alkanes of at least 4 members (excludes halogenated alkanes) is 28. The summed E-state index contributed by atoms with van der Waals surface area (Å²) in [4.78, 5) is 35.6. The van der Waals surface area contributed by atoms with E-state index in [9.17, 15) is 44.6 Å². The maximum atomic E-state index is 12.8. The molecule has 0 spiro atoms. The number of rotatable bonds is 40. The number of phosphoric ester groups is 1. The smallest absolute Gasteiger partial charge is 0.462 e. The molecule has 1 fully saturated rings. The molecule has 0 aromatic rings. The Morgan fingerprint density at radius 2 is 0.763 bits per heavy atom. The van der Waals surface area contributed by atoms with Gasteiger partial charge in [0.15, 0.2) is 6.10 Å². The molecular weight excluding hydrogens is 779 g/mol. The molecule has 14 heteroatoms. The number of hydrogen-bond acceptors (Lipinski definition) is 12. The van der Waals surface area contributed by atoms with Gasteiger partial charge in [-0.3, -0.25) is 18.6 Å². The van der Waals surface area contributed by atoms with Crippen LogP contribution in [-0.4, -0.2) is 98.3 Å². The molecule has 0 aromatic heterocycles. The highest BCUT2D eigenvalue weighted by molar-refractivity contribution is 7.47. The van der Waals surface area contributed by atoms with E-state index in [4.69, 9.17) is 18.5 Å². The Labute approximate surface area is 357 Å². The first-order valence-corrected chi connectivity index (χ1v) is 25.3. The number of carbonyl (C=O) groups is 2. The van der Waals surface area contributed by atoms with Crippen LogP contribution in [0.5, 0.6) is 0 Å². The van der Waals surface area contributed by atoms with Crippen molar-refractivity contribution in [1.29, 1.82) is 0 Å². The molecule has 6 N–H and O–H groups in total. The van der Waals surface area contributed by atoms with E-state index in [1.807, 2.05) is 0 Å². The van der Waals surface area contributed by atoms with Crippen molar-refractivity contribution in [3.8, 4) is 0 Å². The summed E-state index contributed by atoms with van der Waals surface area (Å²) in [6, 6.07) is 0. The van der Waals surface area contributed by atoms with Crippen molar-refractivity contribution < 1.29 is 63.1 Å². The number of hydrogen-bond donors (Lipinski definition) is 6. The third-order valence-corrected chi connectivity index (χ3v) is 12.4. The number of carbonyl (C=O) groups excluding carboxylic acids is 2. The molecule has 0 heterocycles. The fourth-order valence-corrected chi connectivity index (χ4v) is 8.56. The van der Waals surface area contributed by atoms with Crippen LogP contribution in [0.3, 0.4) is 0 Å². The summed E-state index contributed by atoms with van der Waals surface area (Å²) in [6.07, 6.45) is 23.2. The van der Waals surface area contributed by atoms with Crippen LogP contribution in [0.15, 0.2) is 0 Å². The third-order valence-electron chi connectivity index (χ3n) is 11.4. The van der Waals surface area contributed by atoms with Gasteiger partial charge in [0.05, 0.1) is 6.61 Å². The molecule has 8 atom stereocenters. The van der Waals surface area contributed by atoms with Gasteiger partial charge in [-0.1, -0.05) is 194 Å². The van der Waals surface area contributed by atoms with Gasteiger partial charge in [0.25, 0.3) is 0 Å². The highest BCUT2D eigenvalue weighted by Gasteiger charge is 2.51. The molecular formula is C45H87O13P. The third kappa shape index (κ3) is 29.0.